The van der Waals surface area contributed by atoms with Gasteiger partial charge in [-0.15, -0.1) is 12.8 Å². The van der Waals surface area contributed by atoms with Crippen LogP contribution in [0.2, 0.25) is 0 Å². The number of rotatable bonds is 7. The molecular formula is C30H57N5O5. The van der Waals surface area contributed by atoms with Gasteiger partial charge in [-0.1, -0.05) is 60.3 Å². The molecular weight excluding hydrogens is 510 g/mol. The van der Waals surface area contributed by atoms with Crippen molar-refractivity contribution in [2.24, 2.45) is 17.6 Å². The van der Waals surface area contributed by atoms with Crippen LogP contribution in [0.4, 0.5) is 4.79 Å². The number of nitrogens with zero attached hydrogens (tertiary/aromatic N) is 1. The average Bonchev–Trinajstić information content (AvgIpc) is 3.30. The lowest BCUT2D eigenvalue weighted by molar-refractivity contribution is -0.138. The van der Waals surface area contributed by atoms with Gasteiger partial charge in [0.05, 0.1) is 12.6 Å². The highest BCUT2D eigenvalue weighted by Crippen LogP contribution is 2.30. The molecule has 10 heteroatoms. The zero-order valence-corrected chi connectivity index (χ0v) is 26.5. The number of terminal acetylenes is 1. The summed E-state index contributed by atoms with van der Waals surface area (Å²) in [4.78, 5) is 59.1. The quantitative estimate of drug-likeness (QED) is 0.273. The van der Waals surface area contributed by atoms with Crippen LogP contribution in [0.5, 0.6) is 0 Å². The Kier molecular flexibility index (Phi) is 24.6. The summed E-state index contributed by atoms with van der Waals surface area (Å²) in [7, 11) is 0. The molecule has 1 saturated heterocycles. The number of carbonyl (C=O) groups excluding carboxylic acids is 5. The number of hydrogen-bond acceptors (Lipinski definition) is 5. The summed E-state index contributed by atoms with van der Waals surface area (Å²) >= 11 is 0. The zero-order chi connectivity index (χ0) is 31.9. The molecule has 2 aliphatic rings. The van der Waals surface area contributed by atoms with Crippen molar-refractivity contribution in [2.45, 2.75) is 125 Å². The lowest BCUT2D eigenvalue weighted by Crippen LogP contribution is -2.53. The monoisotopic (exact) mass is 567 g/mol. The van der Waals surface area contributed by atoms with Gasteiger partial charge in [0.25, 0.3) is 0 Å². The van der Waals surface area contributed by atoms with Crippen LogP contribution in [0.1, 0.15) is 107 Å². The summed E-state index contributed by atoms with van der Waals surface area (Å²) in [5.41, 5.74) is 3.77. The molecule has 10 nitrogen and oxygen atoms in total. The molecule has 2 fully saturated rings. The van der Waals surface area contributed by atoms with Crippen LogP contribution < -0.4 is 21.7 Å². The highest BCUT2D eigenvalue weighted by Gasteiger charge is 2.36. The van der Waals surface area contributed by atoms with E-state index in [-0.39, 0.29) is 30.6 Å². The predicted octanol–water partition coefficient (Wildman–Crippen LogP) is 3.77. The topological polar surface area (TPSA) is 151 Å². The Morgan fingerprint density at radius 2 is 1.50 bits per heavy atom. The van der Waals surface area contributed by atoms with E-state index in [2.05, 4.69) is 69.1 Å². The van der Waals surface area contributed by atoms with Gasteiger partial charge in [-0.3, -0.25) is 19.2 Å². The van der Waals surface area contributed by atoms with Gasteiger partial charge >= 0.3 is 6.03 Å². The standard InChI is InChI=1S/C20H34N4O4.C4H10.C3H8.C2H2.CH3NO/c1-13(25)15(11-14-7-5-8-14)22-18(27)16-9-6-10-24(16)17(26)12-21-19(28)23-20(2,3)4;1-4(2)3;1-3-2;1-2;2-1-3/h14-16H,5-12H2,1-4H3,(H,22,27)(H2,21,23,28);4H,1-3H3;3H2,1-2H3;1-2H;1H,(H2,2,3). The van der Waals surface area contributed by atoms with Gasteiger partial charge in [-0.25, -0.2) is 4.79 Å². The lowest BCUT2D eigenvalue weighted by Gasteiger charge is -2.31. The third kappa shape index (κ3) is 21.8. The van der Waals surface area contributed by atoms with Crippen LogP contribution in [0.15, 0.2) is 0 Å². The summed E-state index contributed by atoms with van der Waals surface area (Å²) in [6.45, 7) is 18.1. The second-order valence-corrected chi connectivity index (χ2v) is 11.6. The van der Waals surface area contributed by atoms with Crippen molar-refractivity contribution in [3.05, 3.63) is 0 Å². The van der Waals surface area contributed by atoms with Crippen molar-refractivity contribution < 1.29 is 24.0 Å². The molecule has 0 aromatic carbocycles. The molecule has 40 heavy (non-hydrogen) atoms. The van der Waals surface area contributed by atoms with Crippen molar-refractivity contribution in [2.75, 3.05) is 13.1 Å². The number of likely N-dealkylation sites (tertiary alicyclic amines) is 1. The van der Waals surface area contributed by atoms with Gasteiger partial charge in [0.1, 0.15) is 6.04 Å². The molecule has 2 atom stereocenters. The van der Waals surface area contributed by atoms with Gasteiger partial charge in [-0.05, 0) is 58.8 Å². The molecule has 0 radical (unpaired) electrons. The van der Waals surface area contributed by atoms with Gasteiger partial charge in [0, 0.05) is 12.1 Å². The highest BCUT2D eigenvalue weighted by atomic mass is 16.2. The number of nitrogens with two attached hydrogens (primary N) is 1. The Morgan fingerprint density at radius 1 is 1.02 bits per heavy atom. The number of ketones is 1. The summed E-state index contributed by atoms with van der Waals surface area (Å²) in [6, 6.07) is -1.48. The van der Waals surface area contributed by atoms with Gasteiger partial charge in [0.15, 0.2) is 5.78 Å². The maximum Gasteiger partial charge on any atom is 0.315 e. The molecule has 2 rings (SSSR count). The number of amides is 5. The Morgan fingerprint density at radius 3 is 1.88 bits per heavy atom. The molecule has 1 heterocycles. The van der Waals surface area contributed by atoms with Crippen molar-refractivity contribution in [1.29, 1.82) is 0 Å². The molecule has 5 N–H and O–H groups in total. The fraction of sp³-hybridized carbons (Fsp3) is 0.767. The largest absolute Gasteiger partial charge is 0.372 e. The first kappa shape index (κ1) is 41.4. The van der Waals surface area contributed by atoms with E-state index in [4.69, 9.17) is 4.79 Å². The van der Waals surface area contributed by atoms with E-state index in [9.17, 15) is 19.2 Å². The predicted molar refractivity (Wildman–Crippen MR) is 162 cm³/mol. The second-order valence-electron chi connectivity index (χ2n) is 11.6. The first-order valence-electron chi connectivity index (χ1n) is 14.3. The van der Waals surface area contributed by atoms with Gasteiger partial charge in [0.2, 0.25) is 18.2 Å². The third-order valence-corrected chi connectivity index (χ3v) is 5.37. The summed E-state index contributed by atoms with van der Waals surface area (Å²) in [5, 5.41) is 8.13. The van der Waals surface area contributed by atoms with Crippen LogP contribution >= 0.6 is 0 Å². The van der Waals surface area contributed by atoms with Crippen molar-refractivity contribution in [3.8, 4) is 12.8 Å². The Labute approximate surface area is 243 Å². The molecule has 232 valence electrons. The highest BCUT2D eigenvalue weighted by molar-refractivity contribution is 5.93. The van der Waals surface area contributed by atoms with E-state index in [0.29, 0.717) is 25.3 Å². The third-order valence-electron chi connectivity index (χ3n) is 5.37. The van der Waals surface area contributed by atoms with Gasteiger partial charge < -0.3 is 26.6 Å². The number of nitrogens with one attached hydrogen (secondary N) is 3. The van der Waals surface area contributed by atoms with Crippen molar-refractivity contribution >= 4 is 30.0 Å². The summed E-state index contributed by atoms with van der Waals surface area (Å²) in [6.07, 6.45) is 14.9. The molecule has 0 aromatic rings. The molecule has 2 unspecified atom stereocenters. The Balaban J connectivity index is -0.000000975. The van der Waals surface area contributed by atoms with E-state index in [1.165, 1.54) is 24.7 Å². The normalized spacial score (nSPS) is 16.3. The maximum atomic E-state index is 12.7. The summed E-state index contributed by atoms with van der Waals surface area (Å²) < 4.78 is 0. The Bertz CT molecular complexity index is 755. The van der Waals surface area contributed by atoms with Crippen LogP contribution in [0, 0.1) is 24.7 Å². The molecule has 0 aromatic heterocycles. The maximum absolute atomic E-state index is 12.7. The minimum Gasteiger partial charge on any atom is -0.372 e. The lowest BCUT2D eigenvalue weighted by atomic mass is 9.80. The fourth-order valence-electron chi connectivity index (χ4n) is 3.64. The van der Waals surface area contributed by atoms with Crippen LogP contribution in [0.25, 0.3) is 0 Å². The van der Waals surface area contributed by atoms with E-state index >= 15 is 0 Å². The SMILES string of the molecule is C#C.CC(=O)C(CC1CCC1)NC(=O)C1CCCN1C(=O)CNC(=O)NC(C)(C)C.CC(C)C.CCC.NC=O. The van der Waals surface area contributed by atoms with E-state index in [1.807, 2.05) is 20.8 Å². The van der Waals surface area contributed by atoms with Crippen molar-refractivity contribution in [1.82, 2.24) is 20.9 Å². The van der Waals surface area contributed by atoms with Crippen molar-refractivity contribution in [3.63, 3.8) is 0 Å². The number of primary amides is 1. The van der Waals surface area contributed by atoms with E-state index in [0.717, 1.165) is 25.2 Å². The van der Waals surface area contributed by atoms with E-state index < -0.39 is 23.7 Å². The smallest absolute Gasteiger partial charge is 0.315 e. The molecule has 0 bridgehead atoms. The molecule has 1 aliphatic heterocycles. The second kappa shape index (κ2) is 23.8. The minimum absolute atomic E-state index is 0.0448. The zero-order valence-electron chi connectivity index (χ0n) is 26.5. The number of urea groups is 1. The number of carbonyl (C=O) groups is 5. The number of Topliss-reactive ketones (excluding diaryl/α,β-unsaturated/α-hetero) is 1. The first-order valence-corrected chi connectivity index (χ1v) is 14.3. The van der Waals surface area contributed by atoms with Crippen LogP contribution in [0.3, 0.4) is 0 Å². The fourth-order valence-corrected chi connectivity index (χ4v) is 3.64. The molecule has 1 aliphatic carbocycles. The summed E-state index contributed by atoms with van der Waals surface area (Å²) in [5.74, 6) is 0.724. The van der Waals surface area contributed by atoms with E-state index in [1.54, 1.807) is 0 Å². The number of hydrogen-bond donors (Lipinski definition) is 4. The molecule has 5 amide bonds. The molecule has 1 saturated carbocycles. The molecule has 0 spiro atoms. The van der Waals surface area contributed by atoms with Crippen LogP contribution in [-0.4, -0.2) is 65.7 Å². The average molecular weight is 568 g/mol. The Hall–Kier alpha value is -3.09. The van der Waals surface area contributed by atoms with Crippen LogP contribution in [-0.2, 0) is 19.2 Å². The minimum atomic E-state index is -0.580. The van der Waals surface area contributed by atoms with Gasteiger partial charge in [-0.2, -0.15) is 0 Å². The first-order chi connectivity index (χ1) is 18.6.